The van der Waals surface area contributed by atoms with Crippen LogP contribution in [-0.4, -0.2) is 39.8 Å². The Morgan fingerprint density at radius 3 is 2.81 bits per heavy atom. The number of amides is 1. The van der Waals surface area contributed by atoms with E-state index in [1.165, 1.54) is 24.4 Å². The zero-order valence-electron chi connectivity index (χ0n) is 14.0. The van der Waals surface area contributed by atoms with Crippen molar-refractivity contribution in [1.29, 1.82) is 0 Å². The number of hydrogen-bond acceptors (Lipinski definition) is 4. The van der Waals surface area contributed by atoms with Gasteiger partial charge in [0.15, 0.2) is 0 Å². The first-order chi connectivity index (χ1) is 12.4. The number of nitrogens with zero attached hydrogens (tertiary/aromatic N) is 1. The topological polar surface area (TPSA) is 104 Å². The zero-order valence-corrected chi connectivity index (χ0v) is 14.0. The Kier molecular flexibility index (Phi) is 6.65. The molecule has 3 N–H and O–H groups in total. The molecule has 0 spiro atoms. The van der Waals surface area contributed by atoms with Crippen LogP contribution in [0.25, 0.3) is 11.3 Å². The molecule has 7 nitrogen and oxygen atoms in total. The van der Waals surface area contributed by atoms with Crippen LogP contribution in [-0.2, 0) is 4.79 Å². The average molecular weight is 367 g/mol. The van der Waals surface area contributed by atoms with Gasteiger partial charge in [0.1, 0.15) is 11.8 Å². The van der Waals surface area contributed by atoms with E-state index in [9.17, 15) is 23.5 Å². The Hall–Kier alpha value is -2.97. The van der Waals surface area contributed by atoms with Crippen molar-refractivity contribution < 1.29 is 28.2 Å². The fourth-order valence-electron chi connectivity index (χ4n) is 2.41. The molecular weight excluding hydrogens is 348 g/mol. The van der Waals surface area contributed by atoms with E-state index in [2.05, 4.69) is 20.3 Å². The molecule has 140 valence electrons. The van der Waals surface area contributed by atoms with Gasteiger partial charge < -0.3 is 15.2 Å². The number of carbonyl (C=O) groups excluding carboxylic acids is 1. The van der Waals surface area contributed by atoms with Crippen LogP contribution in [0, 0.1) is 0 Å². The Balaban J connectivity index is 2.21. The number of benzene rings is 1. The molecule has 1 atom stereocenters. The summed E-state index contributed by atoms with van der Waals surface area (Å²) >= 11 is 0. The third-order valence-corrected chi connectivity index (χ3v) is 3.68. The summed E-state index contributed by atoms with van der Waals surface area (Å²) in [4.78, 5) is 23.7. The number of carboxylic acid groups (broad SMARTS) is 1. The highest BCUT2D eigenvalue weighted by Gasteiger charge is 2.23. The fraction of sp³-hybridized carbons (Fsp3) is 0.353. The number of carbonyl (C=O) groups is 2. The highest BCUT2D eigenvalue weighted by molar-refractivity contribution is 6.01. The minimum Gasteiger partial charge on any atom is -0.480 e. The first-order valence-electron chi connectivity index (χ1n) is 8.04. The summed E-state index contributed by atoms with van der Waals surface area (Å²) in [5.74, 6) is -1.80. The number of alkyl halides is 2. The Morgan fingerprint density at radius 1 is 1.38 bits per heavy atom. The largest absolute Gasteiger partial charge is 0.480 e. The number of ether oxygens (including phenoxy) is 1. The molecule has 0 fully saturated rings. The molecule has 1 aromatic carbocycles. The maximum atomic E-state index is 12.5. The molecule has 2 aromatic rings. The van der Waals surface area contributed by atoms with E-state index in [0.29, 0.717) is 18.4 Å². The van der Waals surface area contributed by atoms with Crippen molar-refractivity contribution in [3.63, 3.8) is 0 Å². The fourth-order valence-corrected chi connectivity index (χ4v) is 2.41. The second kappa shape index (κ2) is 8.93. The minimum absolute atomic E-state index is 0.0650. The second-order valence-corrected chi connectivity index (χ2v) is 5.57. The molecule has 0 saturated carbocycles. The van der Waals surface area contributed by atoms with E-state index in [1.807, 2.05) is 6.92 Å². The van der Waals surface area contributed by atoms with Crippen LogP contribution in [0.5, 0.6) is 5.75 Å². The lowest BCUT2D eigenvalue weighted by molar-refractivity contribution is -0.139. The van der Waals surface area contributed by atoms with Gasteiger partial charge in [-0.2, -0.15) is 13.9 Å². The van der Waals surface area contributed by atoms with Gasteiger partial charge in [-0.05, 0) is 18.6 Å². The highest BCUT2D eigenvalue weighted by atomic mass is 19.3. The molecular formula is C17H19F2N3O4. The first kappa shape index (κ1) is 19.4. The van der Waals surface area contributed by atoms with Gasteiger partial charge in [0.25, 0.3) is 5.91 Å². The van der Waals surface area contributed by atoms with E-state index in [-0.39, 0.29) is 17.0 Å². The zero-order chi connectivity index (χ0) is 19.1. The summed E-state index contributed by atoms with van der Waals surface area (Å²) < 4.78 is 29.1. The molecule has 1 unspecified atom stereocenters. The van der Waals surface area contributed by atoms with Crippen LogP contribution in [0.1, 0.15) is 36.5 Å². The van der Waals surface area contributed by atoms with E-state index in [1.54, 1.807) is 6.07 Å². The van der Waals surface area contributed by atoms with Gasteiger partial charge in [-0.1, -0.05) is 31.9 Å². The van der Waals surface area contributed by atoms with Crippen molar-refractivity contribution in [3.8, 4) is 17.0 Å². The third kappa shape index (κ3) is 5.01. The van der Waals surface area contributed by atoms with E-state index in [0.717, 1.165) is 6.42 Å². The summed E-state index contributed by atoms with van der Waals surface area (Å²) in [5, 5.41) is 18.1. The van der Waals surface area contributed by atoms with Gasteiger partial charge in [-0.15, -0.1) is 0 Å². The van der Waals surface area contributed by atoms with Gasteiger partial charge >= 0.3 is 12.6 Å². The standard InChI is InChI=1S/C17H19F2N3O4/c1-2-3-7-13(16(24)25)21-15(23)12-9-20-22-14(12)10-5-4-6-11(8-10)26-17(18)19/h4-6,8-9,13,17H,2-3,7H2,1H3,(H,20,22)(H,21,23)(H,24,25). The lowest BCUT2D eigenvalue weighted by Gasteiger charge is -2.14. The van der Waals surface area contributed by atoms with Crippen molar-refractivity contribution in [3.05, 3.63) is 36.0 Å². The first-order valence-corrected chi connectivity index (χ1v) is 8.04. The van der Waals surface area contributed by atoms with Crippen LogP contribution >= 0.6 is 0 Å². The number of aliphatic carboxylic acids is 1. The monoisotopic (exact) mass is 367 g/mol. The van der Waals surface area contributed by atoms with Crippen LogP contribution in [0.2, 0.25) is 0 Å². The second-order valence-electron chi connectivity index (χ2n) is 5.57. The predicted molar refractivity (Wildman–Crippen MR) is 89.1 cm³/mol. The van der Waals surface area contributed by atoms with Crippen LogP contribution in [0.3, 0.4) is 0 Å². The van der Waals surface area contributed by atoms with Crippen molar-refractivity contribution in [2.24, 2.45) is 0 Å². The Bertz CT molecular complexity index is 764. The number of aromatic nitrogens is 2. The average Bonchev–Trinajstić information content (AvgIpc) is 3.07. The normalized spacial score (nSPS) is 12.0. The molecule has 0 aliphatic rings. The maximum Gasteiger partial charge on any atom is 0.387 e. The number of unbranched alkanes of at least 4 members (excludes halogenated alkanes) is 1. The highest BCUT2D eigenvalue weighted by Crippen LogP contribution is 2.26. The molecule has 2 rings (SSSR count). The molecule has 0 aliphatic carbocycles. The lowest BCUT2D eigenvalue weighted by atomic mass is 10.1. The van der Waals surface area contributed by atoms with Crippen LogP contribution in [0.15, 0.2) is 30.5 Å². The predicted octanol–water partition coefficient (Wildman–Crippen LogP) is 3.05. The SMILES string of the molecule is CCCCC(NC(=O)c1cn[nH]c1-c1cccc(OC(F)F)c1)C(=O)O. The maximum absolute atomic E-state index is 12.5. The van der Waals surface area contributed by atoms with Crippen molar-refractivity contribution in [2.45, 2.75) is 38.8 Å². The summed E-state index contributed by atoms with van der Waals surface area (Å²) in [5.41, 5.74) is 0.801. The molecule has 1 heterocycles. The Labute approximate surface area is 148 Å². The molecule has 0 radical (unpaired) electrons. The number of H-pyrrole nitrogens is 1. The van der Waals surface area contributed by atoms with E-state index in [4.69, 9.17) is 0 Å². The van der Waals surface area contributed by atoms with Crippen molar-refractivity contribution in [2.75, 3.05) is 0 Å². The Morgan fingerprint density at radius 2 is 2.15 bits per heavy atom. The van der Waals surface area contributed by atoms with Crippen LogP contribution < -0.4 is 10.1 Å². The summed E-state index contributed by atoms with van der Waals surface area (Å²) in [7, 11) is 0. The van der Waals surface area contributed by atoms with Gasteiger partial charge in [0.05, 0.1) is 17.5 Å². The molecule has 0 saturated heterocycles. The summed E-state index contributed by atoms with van der Waals surface area (Å²) in [6.07, 6.45) is 3.02. The number of aromatic amines is 1. The molecule has 26 heavy (non-hydrogen) atoms. The van der Waals surface area contributed by atoms with Gasteiger partial charge in [-0.3, -0.25) is 9.89 Å². The molecule has 0 aliphatic heterocycles. The van der Waals surface area contributed by atoms with Crippen molar-refractivity contribution in [1.82, 2.24) is 15.5 Å². The molecule has 9 heteroatoms. The molecule has 1 aromatic heterocycles. The molecule has 0 bridgehead atoms. The smallest absolute Gasteiger partial charge is 0.387 e. The summed E-state index contributed by atoms with van der Waals surface area (Å²) in [6, 6.07) is 4.77. The number of rotatable bonds is 9. The quantitative estimate of drug-likeness (QED) is 0.632. The van der Waals surface area contributed by atoms with Crippen LogP contribution in [0.4, 0.5) is 8.78 Å². The summed E-state index contributed by atoms with van der Waals surface area (Å²) in [6.45, 7) is -1.05. The number of nitrogens with one attached hydrogen (secondary N) is 2. The van der Waals surface area contributed by atoms with Gasteiger partial charge in [0, 0.05) is 5.56 Å². The third-order valence-electron chi connectivity index (χ3n) is 3.68. The molecule has 1 amide bonds. The van der Waals surface area contributed by atoms with E-state index < -0.39 is 24.5 Å². The van der Waals surface area contributed by atoms with Crippen molar-refractivity contribution >= 4 is 11.9 Å². The number of halogens is 2. The minimum atomic E-state index is -2.97. The lowest BCUT2D eigenvalue weighted by Crippen LogP contribution is -2.40. The van der Waals surface area contributed by atoms with Gasteiger partial charge in [0.2, 0.25) is 0 Å². The number of carboxylic acids is 1. The van der Waals surface area contributed by atoms with Gasteiger partial charge in [-0.25, -0.2) is 4.79 Å². The van der Waals surface area contributed by atoms with E-state index >= 15 is 0 Å². The number of hydrogen-bond donors (Lipinski definition) is 3.